The predicted octanol–water partition coefficient (Wildman–Crippen LogP) is 2.72. The fourth-order valence-electron chi connectivity index (χ4n) is 3.09. The van der Waals surface area contributed by atoms with Gasteiger partial charge in [-0.1, -0.05) is 19.1 Å². The summed E-state index contributed by atoms with van der Waals surface area (Å²) in [6.07, 6.45) is 2.47. The Balaban J connectivity index is 2.15. The molecule has 106 valence electrons. The van der Waals surface area contributed by atoms with Crippen LogP contribution in [0.3, 0.4) is 0 Å². The lowest BCUT2D eigenvalue weighted by Gasteiger charge is -2.41. The summed E-state index contributed by atoms with van der Waals surface area (Å²) >= 11 is 0. The molecule has 0 amide bonds. The van der Waals surface area contributed by atoms with E-state index in [0.717, 1.165) is 13.1 Å². The molecule has 19 heavy (non-hydrogen) atoms. The number of para-hydroxylation sites is 2. The second kappa shape index (κ2) is 6.29. The standard InChI is InChI=1S/C16H27N3/c1-5-17-14-10-11-19(13(2)12-14)16-9-7-6-8-15(16)18(3)4/h6-9,13-14,17H,5,10-12H2,1-4H3. The van der Waals surface area contributed by atoms with Crippen LogP contribution in [-0.4, -0.2) is 39.3 Å². The summed E-state index contributed by atoms with van der Waals surface area (Å²) in [5, 5.41) is 3.59. The number of hydrogen-bond acceptors (Lipinski definition) is 3. The number of benzene rings is 1. The molecule has 1 aliphatic heterocycles. The third-order valence-electron chi connectivity index (χ3n) is 4.04. The van der Waals surface area contributed by atoms with E-state index in [0.29, 0.717) is 12.1 Å². The first-order valence-corrected chi connectivity index (χ1v) is 7.39. The SMILES string of the molecule is CCNC1CCN(c2ccccc2N(C)C)C(C)C1. The van der Waals surface area contributed by atoms with Crippen molar-refractivity contribution in [2.24, 2.45) is 0 Å². The van der Waals surface area contributed by atoms with E-state index in [2.05, 4.69) is 67.3 Å². The van der Waals surface area contributed by atoms with Crippen molar-refractivity contribution in [2.45, 2.75) is 38.8 Å². The Kier molecular flexibility index (Phi) is 4.70. The smallest absolute Gasteiger partial charge is 0.0606 e. The quantitative estimate of drug-likeness (QED) is 0.899. The van der Waals surface area contributed by atoms with Gasteiger partial charge in [0.25, 0.3) is 0 Å². The lowest BCUT2D eigenvalue weighted by molar-refractivity contribution is 0.374. The average molecular weight is 261 g/mol. The number of rotatable bonds is 4. The third-order valence-corrected chi connectivity index (χ3v) is 4.04. The Hall–Kier alpha value is -1.22. The van der Waals surface area contributed by atoms with E-state index in [4.69, 9.17) is 0 Å². The summed E-state index contributed by atoms with van der Waals surface area (Å²) < 4.78 is 0. The van der Waals surface area contributed by atoms with Crippen LogP contribution in [0.5, 0.6) is 0 Å². The molecule has 0 aromatic heterocycles. The van der Waals surface area contributed by atoms with Crippen LogP contribution < -0.4 is 15.1 Å². The van der Waals surface area contributed by atoms with Crippen molar-refractivity contribution < 1.29 is 0 Å². The molecule has 0 saturated carbocycles. The van der Waals surface area contributed by atoms with E-state index in [1.54, 1.807) is 0 Å². The van der Waals surface area contributed by atoms with Gasteiger partial charge in [-0.3, -0.25) is 0 Å². The minimum absolute atomic E-state index is 0.596. The van der Waals surface area contributed by atoms with Gasteiger partial charge in [0, 0.05) is 32.7 Å². The molecule has 0 bridgehead atoms. The van der Waals surface area contributed by atoms with Gasteiger partial charge in [0.1, 0.15) is 0 Å². The van der Waals surface area contributed by atoms with E-state index >= 15 is 0 Å². The zero-order valence-corrected chi connectivity index (χ0v) is 12.7. The van der Waals surface area contributed by atoms with Gasteiger partial charge in [0.05, 0.1) is 11.4 Å². The minimum Gasteiger partial charge on any atom is -0.376 e. The maximum atomic E-state index is 3.59. The Labute approximate surface area is 117 Å². The molecule has 1 N–H and O–H groups in total. The summed E-state index contributed by atoms with van der Waals surface area (Å²) in [7, 11) is 4.24. The fourth-order valence-corrected chi connectivity index (χ4v) is 3.09. The van der Waals surface area contributed by atoms with Crippen LogP contribution in [0.25, 0.3) is 0 Å². The van der Waals surface area contributed by atoms with E-state index < -0.39 is 0 Å². The molecule has 2 atom stereocenters. The Morgan fingerprint density at radius 3 is 2.68 bits per heavy atom. The maximum Gasteiger partial charge on any atom is 0.0606 e. The summed E-state index contributed by atoms with van der Waals surface area (Å²) in [4.78, 5) is 4.77. The molecule has 1 heterocycles. The fraction of sp³-hybridized carbons (Fsp3) is 0.625. The first-order valence-electron chi connectivity index (χ1n) is 7.39. The highest BCUT2D eigenvalue weighted by Crippen LogP contribution is 2.32. The normalized spacial score (nSPS) is 23.5. The largest absolute Gasteiger partial charge is 0.376 e. The van der Waals surface area contributed by atoms with Gasteiger partial charge in [-0.15, -0.1) is 0 Å². The van der Waals surface area contributed by atoms with Crippen LogP contribution in [0.1, 0.15) is 26.7 Å². The molecule has 0 radical (unpaired) electrons. The van der Waals surface area contributed by atoms with Crippen molar-refractivity contribution in [1.82, 2.24) is 5.32 Å². The van der Waals surface area contributed by atoms with Crippen molar-refractivity contribution in [3.05, 3.63) is 24.3 Å². The molecule has 1 aromatic carbocycles. The van der Waals surface area contributed by atoms with Gasteiger partial charge in [-0.25, -0.2) is 0 Å². The molecule has 3 nitrogen and oxygen atoms in total. The molecule has 1 fully saturated rings. The summed E-state index contributed by atoms with van der Waals surface area (Å²) in [6, 6.07) is 10.00. The summed E-state index contributed by atoms with van der Waals surface area (Å²) in [5.74, 6) is 0. The molecule has 3 heteroatoms. The number of nitrogens with zero attached hydrogens (tertiary/aromatic N) is 2. The molecule has 1 aromatic rings. The van der Waals surface area contributed by atoms with Crippen LogP contribution >= 0.6 is 0 Å². The number of piperidine rings is 1. The molecular formula is C16H27N3. The van der Waals surface area contributed by atoms with Crippen LogP contribution in [0.2, 0.25) is 0 Å². The van der Waals surface area contributed by atoms with Gasteiger partial charge in [-0.05, 0) is 38.4 Å². The number of nitrogens with one attached hydrogen (secondary N) is 1. The zero-order chi connectivity index (χ0) is 13.8. The van der Waals surface area contributed by atoms with Gasteiger partial charge in [0.2, 0.25) is 0 Å². The van der Waals surface area contributed by atoms with E-state index in [1.807, 2.05) is 0 Å². The molecule has 0 spiro atoms. The second-order valence-corrected chi connectivity index (χ2v) is 5.70. The van der Waals surface area contributed by atoms with Crippen LogP contribution in [-0.2, 0) is 0 Å². The highest BCUT2D eigenvalue weighted by molar-refractivity contribution is 5.71. The van der Waals surface area contributed by atoms with Crippen LogP contribution in [0, 0.1) is 0 Å². The van der Waals surface area contributed by atoms with Crippen molar-refractivity contribution >= 4 is 11.4 Å². The lowest BCUT2D eigenvalue weighted by Crippen LogP contribution is -2.47. The van der Waals surface area contributed by atoms with Crippen LogP contribution in [0.4, 0.5) is 11.4 Å². The Bertz CT molecular complexity index is 403. The summed E-state index contributed by atoms with van der Waals surface area (Å²) in [6.45, 7) is 6.75. The molecule has 0 aliphatic carbocycles. The van der Waals surface area contributed by atoms with Crippen molar-refractivity contribution in [1.29, 1.82) is 0 Å². The lowest BCUT2D eigenvalue weighted by atomic mass is 9.97. The third kappa shape index (κ3) is 3.21. The average Bonchev–Trinajstić information content (AvgIpc) is 2.39. The maximum absolute atomic E-state index is 3.59. The monoisotopic (exact) mass is 261 g/mol. The van der Waals surface area contributed by atoms with Crippen molar-refractivity contribution in [2.75, 3.05) is 37.0 Å². The van der Waals surface area contributed by atoms with E-state index in [9.17, 15) is 0 Å². The molecule has 2 rings (SSSR count). The van der Waals surface area contributed by atoms with Gasteiger partial charge >= 0.3 is 0 Å². The Morgan fingerprint density at radius 1 is 1.32 bits per heavy atom. The summed E-state index contributed by atoms with van der Waals surface area (Å²) in [5.41, 5.74) is 2.69. The van der Waals surface area contributed by atoms with Gasteiger partial charge in [-0.2, -0.15) is 0 Å². The highest BCUT2D eigenvalue weighted by Gasteiger charge is 2.26. The second-order valence-electron chi connectivity index (χ2n) is 5.70. The van der Waals surface area contributed by atoms with Crippen LogP contribution in [0.15, 0.2) is 24.3 Å². The molecule has 2 unspecified atom stereocenters. The van der Waals surface area contributed by atoms with Crippen molar-refractivity contribution in [3.8, 4) is 0 Å². The molecule has 1 aliphatic rings. The van der Waals surface area contributed by atoms with Crippen molar-refractivity contribution in [3.63, 3.8) is 0 Å². The van der Waals surface area contributed by atoms with Gasteiger partial charge < -0.3 is 15.1 Å². The Morgan fingerprint density at radius 2 is 2.05 bits per heavy atom. The zero-order valence-electron chi connectivity index (χ0n) is 12.7. The first kappa shape index (κ1) is 14.2. The highest BCUT2D eigenvalue weighted by atomic mass is 15.2. The van der Waals surface area contributed by atoms with E-state index in [-0.39, 0.29) is 0 Å². The molecular weight excluding hydrogens is 234 g/mol. The molecule has 1 saturated heterocycles. The van der Waals surface area contributed by atoms with E-state index in [1.165, 1.54) is 24.2 Å². The number of anilines is 2. The topological polar surface area (TPSA) is 18.5 Å². The number of hydrogen-bond donors (Lipinski definition) is 1. The first-order chi connectivity index (χ1) is 9.13. The minimum atomic E-state index is 0.596. The predicted molar refractivity (Wildman–Crippen MR) is 84.3 cm³/mol. The van der Waals surface area contributed by atoms with Gasteiger partial charge in [0.15, 0.2) is 0 Å².